The first kappa shape index (κ1) is 27.6. The third-order valence-electron chi connectivity index (χ3n) is 8.54. The summed E-state index contributed by atoms with van der Waals surface area (Å²) in [7, 11) is 0. The Morgan fingerprint density at radius 1 is 1.07 bits per heavy atom. The summed E-state index contributed by atoms with van der Waals surface area (Å²) in [5.74, 6) is 0.342. The summed E-state index contributed by atoms with van der Waals surface area (Å²) >= 11 is 0. The van der Waals surface area contributed by atoms with E-state index >= 15 is 0 Å². The second-order valence-electron chi connectivity index (χ2n) is 11.6. The summed E-state index contributed by atoms with van der Waals surface area (Å²) in [5, 5.41) is 13.5. The van der Waals surface area contributed by atoms with E-state index in [1.807, 2.05) is 42.2 Å². The lowest BCUT2D eigenvalue weighted by molar-refractivity contribution is -0.220. The number of fused-ring (bicyclic) bond motifs is 4. The van der Waals surface area contributed by atoms with Crippen LogP contribution in [0.5, 0.6) is 0 Å². The fraction of sp³-hybridized carbons (Fsp3) is 0.500. The van der Waals surface area contributed by atoms with Gasteiger partial charge in [0.1, 0.15) is 5.82 Å². The SMILES string of the molecule is Cc1cc(-c2ccc3c(n2)N(C(=O)Nc2cc(CCCCCOC4(O)CCCCC4)ccn2)C2CCN3C2)ccn1. The van der Waals surface area contributed by atoms with Gasteiger partial charge in [-0.25, -0.2) is 14.8 Å². The number of amides is 2. The highest BCUT2D eigenvalue weighted by Gasteiger charge is 2.40. The number of carbonyl (C=O) groups excluding carboxylic acids is 1. The maximum atomic E-state index is 13.7. The maximum Gasteiger partial charge on any atom is 0.329 e. The topological polar surface area (TPSA) is 104 Å². The van der Waals surface area contributed by atoms with Gasteiger partial charge in [0.25, 0.3) is 0 Å². The molecule has 1 saturated heterocycles. The quantitative estimate of drug-likeness (QED) is 0.251. The molecule has 2 amide bonds. The van der Waals surface area contributed by atoms with Gasteiger partial charge in [-0.2, -0.15) is 0 Å². The zero-order valence-corrected chi connectivity index (χ0v) is 23.9. The number of aryl methyl sites for hydroxylation is 2. The van der Waals surface area contributed by atoms with Crippen LogP contribution >= 0.6 is 0 Å². The van der Waals surface area contributed by atoms with Crippen molar-refractivity contribution in [2.45, 2.75) is 83.0 Å². The highest BCUT2D eigenvalue weighted by atomic mass is 16.6. The normalized spacial score (nSPS) is 19.2. The van der Waals surface area contributed by atoms with Crippen molar-refractivity contribution >= 4 is 23.4 Å². The summed E-state index contributed by atoms with van der Waals surface area (Å²) < 4.78 is 5.81. The fourth-order valence-electron chi connectivity index (χ4n) is 6.32. The van der Waals surface area contributed by atoms with Crippen LogP contribution in [0.2, 0.25) is 0 Å². The van der Waals surface area contributed by atoms with E-state index in [4.69, 9.17) is 9.72 Å². The second-order valence-corrected chi connectivity index (χ2v) is 11.6. The van der Waals surface area contributed by atoms with Crippen molar-refractivity contribution < 1.29 is 14.6 Å². The first-order valence-electron chi connectivity index (χ1n) is 15.1. The van der Waals surface area contributed by atoms with E-state index in [0.29, 0.717) is 18.2 Å². The highest BCUT2D eigenvalue weighted by Crippen LogP contribution is 2.40. The minimum Gasteiger partial charge on any atom is -0.366 e. The van der Waals surface area contributed by atoms with Gasteiger partial charge >= 0.3 is 6.03 Å². The van der Waals surface area contributed by atoms with Crippen LogP contribution in [0.15, 0.2) is 48.8 Å². The van der Waals surface area contributed by atoms with Gasteiger partial charge in [0.05, 0.1) is 24.0 Å². The van der Waals surface area contributed by atoms with Crippen LogP contribution in [-0.4, -0.2) is 57.6 Å². The zero-order valence-electron chi connectivity index (χ0n) is 23.9. The highest BCUT2D eigenvalue weighted by molar-refractivity contribution is 6.04. The number of aliphatic hydroxyl groups is 1. The largest absolute Gasteiger partial charge is 0.366 e. The molecule has 2 N–H and O–H groups in total. The lowest BCUT2D eigenvalue weighted by Crippen LogP contribution is -2.48. The molecule has 3 aromatic rings. The first-order valence-corrected chi connectivity index (χ1v) is 15.1. The summed E-state index contributed by atoms with van der Waals surface area (Å²) in [6.45, 7) is 4.28. The van der Waals surface area contributed by atoms with Crippen LogP contribution in [0.1, 0.15) is 69.0 Å². The molecular weight excluding hydrogens is 516 g/mol. The van der Waals surface area contributed by atoms with E-state index in [0.717, 1.165) is 99.1 Å². The average Bonchev–Trinajstić information content (AvgIpc) is 3.39. The van der Waals surface area contributed by atoms with E-state index in [9.17, 15) is 9.90 Å². The van der Waals surface area contributed by atoms with Crippen LogP contribution in [0.25, 0.3) is 11.3 Å². The molecule has 9 nitrogen and oxygen atoms in total. The minimum absolute atomic E-state index is 0.0708. The summed E-state index contributed by atoms with van der Waals surface area (Å²) in [6.07, 6.45) is 13.1. The molecule has 1 saturated carbocycles. The number of carbonyl (C=O) groups is 1. The van der Waals surface area contributed by atoms with Gasteiger partial charge in [0.2, 0.25) is 0 Å². The summed E-state index contributed by atoms with van der Waals surface area (Å²) in [5.41, 5.74) is 4.87. The van der Waals surface area contributed by atoms with Crippen molar-refractivity contribution in [3.8, 4) is 11.3 Å². The predicted molar refractivity (Wildman–Crippen MR) is 160 cm³/mol. The number of anilines is 3. The Balaban J connectivity index is 1.08. The van der Waals surface area contributed by atoms with Crippen molar-refractivity contribution in [2.75, 3.05) is 34.8 Å². The van der Waals surface area contributed by atoms with E-state index in [1.54, 1.807) is 12.4 Å². The van der Waals surface area contributed by atoms with Crippen LogP contribution < -0.4 is 15.1 Å². The van der Waals surface area contributed by atoms with Crippen molar-refractivity contribution in [1.82, 2.24) is 15.0 Å². The Morgan fingerprint density at radius 3 is 2.78 bits per heavy atom. The molecule has 0 radical (unpaired) electrons. The number of hydrogen-bond donors (Lipinski definition) is 2. The maximum absolute atomic E-state index is 13.7. The molecule has 5 heterocycles. The molecule has 2 bridgehead atoms. The van der Waals surface area contributed by atoms with E-state index < -0.39 is 5.79 Å². The Labute approximate surface area is 242 Å². The molecule has 0 spiro atoms. The van der Waals surface area contributed by atoms with Crippen LogP contribution in [0.4, 0.5) is 22.1 Å². The van der Waals surface area contributed by atoms with Gasteiger partial charge in [0.15, 0.2) is 11.6 Å². The summed E-state index contributed by atoms with van der Waals surface area (Å²) in [6, 6.07) is 11.9. The van der Waals surface area contributed by atoms with Gasteiger partial charge in [-0.3, -0.25) is 15.2 Å². The molecule has 9 heteroatoms. The smallest absolute Gasteiger partial charge is 0.329 e. The Kier molecular flexibility index (Phi) is 8.16. The van der Waals surface area contributed by atoms with Gasteiger partial charge in [0, 0.05) is 49.6 Å². The molecule has 3 aliphatic rings. The zero-order chi connectivity index (χ0) is 28.2. The molecule has 1 aliphatic carbocycles. The van der Waals surface area contributed by atoms with Gasteiger partial charge in [-0.05, 0) is 87.4 Å². The van der Waals surface area contributed by atoms with Gasteiger partial charge in [-0.1, -0.05) is 12.8 Å². The lowest BCUT2D eigenvalue weighted by atomic mass is 9.94. The van der Waals surface area contributed by atoms with Gasteiger partial charge in [-0.15, -0.1) is 0 Å². The number of nitrogens with zero attached hydrogens (tertiary/aromatic N) is 5. The summed E-state index contributed by atoms with van der Waals surface area (Å²) in [4.78, 5) is 31.6. The first-order chi connectivity index (χ1) is 20.0. The molecule has 6 rings (SSSR count). The number of unbranched alkanes of at least 4 members (excludes halogenated alkanes) is 2. The number of rotatable bonds is 9. The van der Waals surface area contributed by atoms with Crippen molar-refractivity contribution in [3.63, 3.8) is 0 Å². The molecule has 0 aromatic carbocycles. The number of ether oxygens (including phenoxy) is 1. The Hall–Kier alpha value is -3.56. The lowest BCUT2D eigenvalue weighted by Gasteiger charge is -2.35. The number of nitrogens with one attached hydrogen (secondary N) is 1. The Morgan fingerprint density at radius 2 is 1.93 bits per heavy atom. The van der Waals surface area contributed by atoms with Gasteiger partial charge < -0.3 is 14.7 Å². The fourth-order valence-corrected chi connectivity index (χ4v) is 6.32. The average molecular weight is 557 g/mol. The van der Waals surface area contributed by atoms with Crippen molar-refractivity contribution in [1.29, 1.82) is 0 Å². The monoisotopic (exact) mass is 556 g/mol. The van der Waals surface area contributed by atoms with E-state index in [2.05, 4.69) is 26.3 Å². The molecular formula is C32H40N6O3. The molecule has 2 aliphatic heterocycles. The second kappa shape index (κ2) is 12.1. The molecule has 2 fully saturated rings. The van der Waals surface area contributed by atoms with E-state index in [1.165, 1.54) is 6.42 Å². The number of urea groups is 1. The van der Waals surface area contributed by atoms with Crippen LogP contribution in [0.3, 0.4) is 0 Å². The standard InChI is InChI=1S/C32H40N6O3/c1-23-20-25(12-17-33-23)27-9-10-28-30(35-27)38(26-13-18-37(28)22-26)31(39)36-29-21-24(11-16-34-29)8-4-2-7-19-41-32(40)14-5-3-6-15-32/h9-12,16-17,20-21,26,40H,2-8,13-15,18-19,22H2,1H3,(H,34,36,39). The predicted octanol–water partition coefficient (Wildman–Crippen LogP) is 5.86. The number of pyridine rings is 3. The number of aromatic nitrogens is 3. The van der Waals surface area contributed by atoms with Crippen LogP contribution in [-0.2, 0) is 11.2 Å². The third-order valence-corrected chi connectivity index (χ3v) is 8.54. The molecule has 3 aromatic heterocycles. The molecule has 1 atom stereocenters. The number of hydrogen-bond acceptors (Lipinski definition) is 7. The molecule has 41 heavy (non-hydrogen) atoms. The third kappa shape index (κ3) is 6.36. The van der Waals surface area contributed by atoms with Crippen LogP contribution in [0, 0.1) is 6.92 Å². The van der Waals surface area contributed by atoms with Crippen molar-refractivity contribution in [3.05, 3.63) is 60.0 Å². The van der Waals surface area contributed by atoms with Crippen molar-refractivity contribution in [2.24, 2.45) is 0 Å². The molecule has 216 valence electrons. The van der Waals surface area contributed by atoms with E-state index in [-0.39, 0.29) is 12.1 Å². The molecule has 1 unspecified atom stereocenters. The minimum atomic E-state index is -0.905. The Bertz CT molecular complexity index is 1380.